The van der Waals surface area contributed by atoms with Crippen LogP contribution in [0.25, 0.3) is 10.8 Å². The van der Waals surface area contributed by atoms with Crippen LogP contribution in [0.4, 0.5) is 5.69 Å². The molecular formula is C19H26N2. The summed E-state index contributed by atoms with van der Waals surface area (Å²) >= 11 is 0. The number of rotatable bonds is 2. The first-order valence-corrected chi connectivity index (χ1v) is 7.94. The summed E-state index contributed by atoms with van der Waals surface area (Å²) in [5.41, 5.74) is 2.03. The van der Waals surface area contributed by atoms with Crippen molar-refractivity contribution in [1.82, 2.24) is 4.98 Å². The molecule has 1 aromatic heterocycles. The van der Waals surface area contributed by atoms with Gasteiger partial charge >= 0.3 is 0 Å². The fourth-order valence-corrected chi connectivity index (χ4v) is 4.41. The van der Waals surface area contributed by atoms with Crippen molar-refractivity contribution in [2.24, 2.45) is 10.8 Å². The van der Waals surface area contributed by atoms with Gasteiger partial charge < -0.3 is 5.32 Å². The molecule has 1 aromatic carbocycles. The van der Waals surface area contributed by atoms with Crippen molar-refractivity contribution in [2.75, 3.05) is 5.32 Å². The third-order valence-electron chi connectivity index (χ3n) is 4.60. The van der Waals surface area contributed by atoms with Gasteiger partial charge in [-0.25, -0.2) is 0 Å². The molecule has 0 atom stereocenters. The third-order valence-corrected chi connectivity index (χ3v) is 4.60. The van der Waals surface area contributed by atoms with Gasteiger partial charge in [-0.2, -0.15) is 0 Å². The largest absolute Gasteiger partial charge is 0.382 e. The molecule has 2 heteroatoms. The van der Waals surface area contributed by atoms with Crippen LogP contribution >= 0.6 is 0 Å². The van der Waals surface area contributed by atoms with E-state index in [2.05, 4.69) is 62.3 Å². The average molecular weight is 282 g/mol. The zero-order chi connectivity index (χ0) is 15.1. The molecule has 3 rings (SSSR count). The van der Waals surface area contributed by atoms with Crippen molar-refractivity contribution in [3.05, 3.63) is 36.7 Å². The van der Waals surface area contributed by atoms with Gasteiger partial charge in [-0.15, -0.1) is 0 Å². The predicted molar refractivity (Wildman–Crippen MR) is 90.6 cm³/mol. The van der Waals surface area contributed by atoms with E-state index in [9.17, 15) is 0 Å². The first-order chi connectivity index (χ1) is 9.85. The van der Waals surface area contributed by atoms with Crippen molar-refractivity contribution in [2.45, 2.75) is 53.0 Å². The lowest BCUT2D eigenvalue weighted by Crippen LogP contribution is -2.40. The molecule has 1 N–H and O–H groups in total. The van der Waals surface area contributed by atoms with E-state index < -0.39 is 0 Å². The number of benzene rings is 1. The number of pyridine rings is 1. The van der Waals surface area contributed by atoms with Crippen LogP contribution in [0.15, 0.2) is 36.7 Å². The van der Waals surface area contributed by atoms with Crippen molar-refractivity contribution < 1.29 is 0 Å². The summed E-state index contributed by atoms with van der Waals surface area (Å²) in [5, 5.41) is 6.27. The van der Waals surface area contributed by atoms with Crippen LogP contribution in [0.2, 0.25) is 0 Å². The molecule has 21 heavy (non-hydrogen) atoms. The molecule has 1 aliphatic rings. The Labute approximate surface area is 128 Å². The van der Waals surface area contributed by atoms with Crippen LogP contribution in [-0.2, 0) is 0 Å². The molecule has 112 valence electrons. The van der Waals surface area contributed by atoms with E-state index in [4.69, 9.17) is 0 Å². The summed E-state index contributed by atoms with van der Waals surface area (Å²) in [6.45, 7) is 9.58. The summed E-state index contributed by atoms with van der Waals surface area (Å²) in [4.78, 5) is 4.28. The van der Waals surface area contributed by atoms with E-state index in [0.29, 0.717) is 16.9 Å². The number of hydrogen-bond acceptors (Lipinski definition) is 2. The van der Waals surface area contributed by atoms with Crippen molar-refractivity contribution >= 4 is 16.5 Å². The molecule has 1 saturated carbocycles. The molecule has 0 unspecified atom stereocenters. The Balaban J connectivity index is 1.88. The van der Waals surface area contributed by atoms with Crippen LogP contribution in [-0.4, -0.2) is 11.0 Å². The maximum absolute atomic E-state index is 4.28. The highest BCUT2D eigenvalue weighted by molar-refractivity contribution is 5.93. The van der Waals surface area contributed by atoms with Crippen molar-refractivity contribution in [3.8, 4) is 0 Å². The second-order valence-electron chi connectivity index (χ2n) is 8.16. The highest BCUT2D eigenvalue weighted by atomic mass is 14.9. The lowest BCUT2D eigenvalue weighted by Gasteiger charge is -2.45. The van der Waals surface area contributed by atoms with Crippen LogP contribution in [0.3, 0.4) is 0 Å². The Bertz CT molecular complexity index is 622. The van der Waals surface area contributed by atoms with E-state index in [1.165, 1.54) is 35.7 Å². The van der Waals surface area contributed by atoms with Gasteiger partial charge in [0.1, 0.15) is 0 Å². The van der Waals surface area contributed by atoms with E-state index in [1.54, 1.807) is 0 Å². The maximum atomic E-state index is 4.28. The number of nitrogens with zero attached hydrogens (tertiary/aromatic N) is 1. The molecule has 0 radical (unpaired) electrons. The monoisotopic (exact) mass is 282 g/mol. The van der Waals surface area contributed by atoms with Gasteiger partial charge in [0.05, 0.1) is 0 Å². The van der Waals surface area contributed by atoms with Gasteiger partial charge in [-0.3, -0.25) is 4.98 Å². The number of aromatic nitrogens is 1. The van der Waals surface area contributed by atoms with Gasteiger partial charge in [-0.1, -0.05) is 39.8 Å². The number of hydrogen-bond donors (Lipinski definition) is 1. The minimum atomic E-state index is 0.405. The minimum Gasteiger partial charge on any atom is -0.382 e. The molecular weight excluding hydrogens is 256 g/mol. The predicted octanol–water partition coefficient (Wildman–Crippen LogP) is 5.25. The molecule has 0 amide bonds. The third kappa shape index (κ3) is 3.20. The molecule has 0 saturated heterocycles. The Hall–Kier alpha value is -1.57. The van der Waals surface area contributed by atoms with Gasteiger partial charge in [-0.05, 0) is 47.6 Å². The topological polar surface area (TPSA) is 24.9 Å². The lowest BCUT2D eigenvalue weighted by molar-refractivity contribution is 0.105. The number of anilines is 1. The van der Waals surface area contributed by atoms with Crippen molar-refractivity contribution in [3.63, 3.8) is 0 Å². The molecule has 1 heterocycles. The zero-order valence-corrected chi connectivity index (χ0v) is 13.6. The van der Waals surface area contributed by atoms with Crippen LogP contribution in [0.1, 0.15) is 47.0 Å². The summed E-state index contributed by atoms with van der Waals surface area (Å²) < 4.78 is 0. The van der Waals surface area contributed by atoms with E-state index >= 15 is 0 Å². The average Bonchev–Trinajstić information content (AvgIpc) is 2.35. The van der Waals surface area contributed by atoms with E-state index in [1.807, 2.05) is 12.4 Å². The second kappa shape index (κ2) is 5.01. The first-order valence-electron chi connectivity index (χ1n) is 7.94. The van der Waals surface area contributed by atoms with Crippen LogP contribution in [0.5, 0.6) is 0 Å². The Morgan fingerprint density at radius 1 is 1.05 bits per heavy atom. The second-order valence-corrected chi connectivity index (χ2v) is 8.16. The standard InChI is InChI=1S/C19H26N2/c1-18(2)10-15(11-19(3,4)13-18)21-17-7-5-6-14-8-9-20-12-16(14)17/h5-9,12,15,21H,10-11,13H2,1-4H3. The molecule has 2 aromatic rings. The summed E-state index contributed by atoms with van der Waals surface area (Å²) in [6, 6.07) is 9.07. The smallest absolute Gasteiger partial charge is 0.0437 e. The van der Waals surface area contributed by atoms with Gasteiger partial charge in [0.15, 0.2) is 0 Å². The van der Waals surface area contributed by atoms with Gasteiger partial charge in [0.2, 0.25) is 0 Å². The van der Waals surface area contributed by atoms with Gasteiger partial charge in [0, 0.05) is 29.5 Å². The SMILES string of the molecule is CC1(C)CC(Nc2cccc3ccncc23)CC(C)(C)C1. The van der Waals surface area contributed by atoms with Crippen molar-refractivity contribution in [1.29, 1.82) is 0 Å². The van der Waals surface area contributed by atoms with E-state index in [-0.39, 0.29) is 0 Å². The Morgan fingerprint density at radius 2 is 1.76 bits per heavy atom. The Morgan fingerprint density at radius 3 is 2.48 bits per heavy atom. The zero-order valence-electron chi connectivity index (χ0n) is 13.6. The van der Waals surface area contributed by atoms with Gasteiger partial charge in [0.25, 0.3) is 0 Å². The van der Waals surface area contributed by atoms with Crippen LogP contribution < -0.4 is 5.32 Å². The van der Waals surface area contributed by atoms with Crippen LogP contribution in [0, 0.1) is 10.8 Å². The molecule has 0 bridgehead atoms. The molecule has 1 aliphatic carbocycles. The summed E-state index contributed by atoms with van der Waals surface area (Å²) in [5.74, 6) is 0. The highest BCUT2D eigenvalue weighted by Crippen LogP contribution is 2.46. The molecule has 0 aliphatic heterocycles. The lowest BCUT2D eigenvalue weighted by atomic mass is 9.63. The first kappa shape index (κ1) is 14.4. The molecule has 2 nitrogen and oxygen atoms in total. The normalized spacial score (nSPS) is 21.3. The number of fused-ring (bicyclic) bond motifs is 1. The number of nitrogens with one attached hydrogen (secondary N) is 1. The molecule has 0 spiro atoms. The van der Waals surface area contributed by atoms with E-state index in [0.717, 1.165) is 0 Å². The summed E-state index contributed by atoms with van der Waals surface area (Å²) in [7, 11) is 0. The highest BCUT2D eigenvalue weighted by Gasteiger charge is 2.38. The fourth-order valence-electron chi connectivity index (χ4n) is 4.41. The molecule has 1 fully saturated rings. The summed E-state index contributed by atoms with van der Waals surface area (Å²) in [6.07, 6.45) is 7.59. The maximum Gasteiger partial charge on any atom is 0.0437 e. The fraction of sp³-hybridized carbons (Fsp3) is 0.526. The quantitative estimate of drug-likeness (QED) is 0.813. The Kier molecular flexibility index (Phi) is 3.43. The minimum absolute atomic E-state index is 0.405.